The number of nitrogens with zero attached hydrogens (tertiary/aromatic N) is 2. The Hall–Kier alpha value is -2.10. The number of halogens is 2. The highest BCUT2D eigenvalue weighted by Gasteiger charge is 2.22. The quantitative estimate of drug-likeness (QED) is 0.781. The van der Waals surface area contributed by atoms with E-state index in [0.29, 0.717) is 10.6 Å². The monoisotopic (exact) mass is 355 g/mol. The topological polar surface area (TPSA) is 78.0 Å². The van der Waals surface area contributed by atoms with E-state index in [2.05, 4.69) is 5.10 Å². The number of nitrogens with two attached hydrogens (primary N) is 1. The summed E-state index contributed by atoms with van der Waals surface area (Å²) in [5, 5.41) is 10.9. The average molecular weight is 355 g/mol. The molecule has 0 radical (unpaired) electrons. The molecule has 23 heavy (non-hydrogen) atoms. The van der Waals surface area contributed by atoms with E-state index >= 15 is 0 Å². The molecule has 5 nitrogen and oxygen atoms in total. The van der Waals surface area contributed by atoms with Gasteiger partial charge in [0.15, 0.2) is 0 Å². The summed E-state index contributed by atoms with van der Waals surface area (Å²) in [6.45, 7) is 0. The van der Waals surface area contributed by atoms with Crippen molar-refractivity contribution in [3.63, 3.8) is 0 Å². The predicted molar refractivity (Wildman–Crippen MR) is 83.2 cm³/mol. The molecule has 0 saturated carbocycles. The Morgan fingerprint density at radius 3 is 2.52 bits per heavy atom. The van der Waals surface area contributed by atoms with Gasteiger partial charge in [-0.1, -0.05) is 18.2 Å². The van der Waals surface area contributed by atoms with Crippen LogP contribution in [0.2, 0.25) is 0 Å². The number of aromatic nitrogens is 2. The van der Waals surface area contributed by atoms with Crippen molar-refractivity contribution in [2.75, 3.05) is 0 Å². The van der Waals surface area contributed by atoms with Gasteiger partial charge in [-0.3, -0.25) is 0 Å². The summed E-state index contributed by atoms with van der Waals surface area (Å²) in [5.41, 5.74) is 0.0781. The smallest absolute Gasteiger partial charge is 0.230 e. The molecule has 0 saturated heterocycles. The Balaban J connectivity index is 2.29. The summed E-state index contributed by atoms with van der Waals surface area (Å²) in [7, 11) is -4.02. The van der Waals surface area contributed by atoms with Crippen molar-refractivity contribution in [1.82, 2.24) is 9.78 Å². The molecule has 0 aliphatic heterocycles. The summed E-state index contributed by atoms with van der Waals surface area (Å²) in [6, 6.07) is 10.6. The third-order valence-electron chi connectivity index (χ3n) is 3.13. The number of thiophene rings is 1. The van der Waals surface area contributed by atoms with Gasteiger partial charge < -0.3 is 0 Å². The molecule has 9 heteroatoms. The van der Waals surface area contributed by atoms with Crippen LogP contribution in [0.25, 0.3) is 16.3 Å². The Labute approximate surface area is 135 Å². The van der Waals surface area contributed by atoms with Crippen LogP contribution in [0.1, 0.15) is 12.1 Å². The fourth-order valence-corrected chi connectivity index (χ4v) is 3.60. The number of alkyl halides is 2. The highest BCUT2D eigenvalue weighted by atomic mass is 32.2. The standard InChI is InChI=1S/C14H11F2N3O2S2/c15-14(16)9-8-11(12-5-3-7-22-12)19(18-9)10-4-1-2-6-13(10)23(17,20)21/h1-8,14H,(H2,17,20,21). The number of rotatable bonds is 4. The van der Waals surface area contributed by atoms with E-state index in [0.717, 1.165) is 0 Å². The zero-order chi connectivity index (χ0) is 16.6. The molecule has 0 unspecified atom stereocenters. The van der Waals surface area contributed by atoms with Crippen LogP contribution in [-0.2, 0) is 10.0 Å². The second-order valence-corrected chi connectivity index (χ2v) is 7.13. The Kier molecular flexibility index (Phi) is 4.00. The van der Waals surface area contributed by atoms with Gasteiger partial charge in [-0.25, -0.2) is 27.0 Å². The van der Waals surface area contributed by atoms with E-state index in [4.69, 9.17) is 5.14 Å². The molecule has 0 amide bonds. The van der Waals surface area contributed by atoms with Crippen molar-refractivity contribution < 1.29 is 17.2 Å². The normalized spacial score (nSPS) is 12.0. The highest BCUT2D eigenvalue weighted by Crippen LogP contribution is 2.32. The fourth-order valence-electron chi connectivity index (χ4n) is 2.16. The molecule has 0 aliphatic carbocycles. The molecule has 120 valence electrons. The van der Waals surface area contributed by atoms with Crippen molar-refractivity contribution in [2.24, 2.45) is 5.14 Å². The second-order valence-electron chi connectivity index (χ2n) is 4.66. The van der Waals surface area contributed by atoms with Gasteiger partial charge in [0.05, 0.1) is 16.3 Å². The molecular formula is C14H11F2N3O2S2. The van der Waals surface area contributed by atoms with Crippen LogP contribution in [-0.4, -0.2) is 18.2 Å². The van der Waals surface area contributed by atoms with E-state index in [1.165, 1.54) is 40.3 Å². The van der Waals surface area contributed by atoms with Gasteiger partial charge in [-0.15, -0.1) is 11.3 Å². The van der Waals surface area contributed by atoms with Crippen LogP contribution in [0, 0.1) is 0 Å². The second kappa shape index (κ2) is 5.84. The number of sulfonamides is 1. The van der Waals surface area contributed by atoms with Gasteiger partial charge in [-0.2, -0.15) is 5.10 Å². The van der Waals surface area contributed by atoms with Crippen LogP contribution < -0.4 is 5.14 Å². The summed E-state index contributed by atoms with van der Waals surface area (Å²) >= 11 is 1.34. The molecule has 0 bridgehead atoms. The van der Waals surface area contributed by atoms with Gasteiger partial charge in [0.1, 0.15) is 10.6 Å². The molecule has 0 spiro atoms. The van der Waals surface area contributed by atoms with Gasteiger partial charge in [0.25, 0.3) is 6.43 Å². The Bertz CT molecular complexity index is 935. The number of para-hydroxylation sites is 1. The number of primary sulfonamides is 1. The number of benzene rings is 1. The molecule has 0 aliphatic rings. The lowest BCUT2D eigenvalue weighted by Crippen LogP contribution is -2.16. The maximum absolute atomic E-state index is 13.0. The van der Waals surface area contributed by atoms with Gasteiger partial charge in [-0.05, 0) is 29.6 Å². The molecule has 2 aromatic heterocycles. The van der Waals surface area contributed by atoms with Crippen LogP contribution in [0.4, 0.5) is 8.78 Å². The first-order valence-corrected chi connectivity index (χ1v) is 8.84. The van der Waals surface area contributed by atoms with Gasteiger partial charge in [0, 0.05) is 0 Å². The number of hydrogen-bond donors (Lipinski definition) is 1. The molecule has 2 N–H and O–H groups in total. The predicted octanol–water partition coefficient (Wildman–Crippen LogP) is 3.19. The molecule has 3 rings (SSSR count). The van der Waals surface area contributed by atoms with E-state index < -0.39 is 22.1 Å². The lowest BCUT2D eigenvalue weighted by molar-refractivity contribution is 0.145. The molecule has 0 atom stereocenters. The van der Waals surface area contributed by atoms with Crippen LogP contribution in [0.15, 0.2) is 52.7 Å². The summed E-state index contributed by atoms with van der Waals surface area (Å²) in [5.74, 6) is 0. The van der Waals surface area contributed by atoms with E-state index in [-0.39, 0.29) is 10.6 Å². The Morgan fingerprint density at radius 1 is 1.17 bits per heavy atom. The van der Waals surface area contributed by atoms with Crippen molar-refractivity contribution in [2.45, 2.75) is 11.3 Å². The molecular weight excluding hydrogens is 344 g/mol. The van der Waals surface area contributed by atoms with Crippen LogP contribution in [0.3, 0.4) is 0 Å². The van der Waals surface area contributed by atoms with Crippen LogP contribution in [0.5, 0.6) is 0 Å². The summed E-state index contributed by atoms with van der Waals surface area (Å²) < 4.78 is 50.8. The average Bonchev–Trinajstić information content (AvgIpc) is 3.15. The first-order valence-electron chi connectivity index (χ1n) is 6.42. The van der Waals surface area contributed by atoms with Crippen molar-refractivity contribution in [3.8, 4) is 16.3 Å². The maximum atomic E-state index is 13.0. The fraction of sp³-hybridized carbons (Fsp3) is 0.0714. The SMILES string of the molecule is NS(=O)(=O)c1ccccc1-n1nc(C(F)F)cc1-c1cccs1. The molecule has 1 aromatic carbocycles. The zero-order valence-corrected chi connectivity index (χ0v) is 13.2. The first-order chi connectivity index (χ1) is 10.9. The minimum atomic E-state index is -4.02. The molecule has 3 aromatic rings. The maximum Gasteiger partial charge on any atom is 0.282 e. The minimum Gasteiger partial charge on any atom is -0.230 e. The third kappa shape index (κ3) is 3.03. The largest absolute Gasteiger partial charge is 0.282 e. The van der Waals surface area contributed by atoms with Gasteiger partial charge in [0.2, 0.25) is 10.0 Å². The molecule has 2 heterocycles. The molecule has 0 fully saturated rings. The lowest BCUT2D eigenvalue weighted by atomic mass is 10.3. The first kappa shape index (κ1) is 15.8. The van der Waals surface area contributed by atoms with E-state index in [1.54, 1.807) is 23.6 Å². The third-order valence-corrected chi connectivity index (χ3v) is 4.98. The minimum absolute atomic E-state index is 0.130. The van der Waals surface area contributed by atoms with Crippen molar-refractivity contribution in [1.29, 1.82) is 0 Å². The summed E-state index contributed by atoms with van der Waals surface area (Å²) in [6.07, 6.45) is -2.77. The van der Waals surface area contributed by atoms with Crippen molar-refractivity contribution in [3.05, 3.63) is 53.5 Å². The van der Waals surface area contributed by atoms with E-state index in [1.807, 2.05) is 0 Å². The zero-order valence-electron chi connectivity index (χ0n) is 11.6. The Morgan fingerprint density at radius 2 is 1.91 bits per heavy atom. The summed E-state index contributed by atoms with van der Waals surface area (Å²) in [4.78, 5) is 0.510. The van der Waals surface area contributed by atoms with Crippen LogP contribution >= 0.6 is 11.3 Å². The highest BCUT2D eigenvalue weighted by molar-refractivity contribution is 7.89. The lowest BCUT2D eigenvalue weighted by Gasteiger charge is -2.10. The van der Waals surface area contributed by atoms with Gasteiger partial charge >= 0.3 is 0 Å². The van der Waals surface area contributed by atoms with E-state index in [9.17, 15) is 17.2 Å². The van der Waals surface area contributed by atoms with Crippen molar-refractivity contribution >= 4 is 21.4 Å². The number of hydrogen-bond acceptors (Lipinski definition) is 4.